The Balaban J connectivity index is 1.33. The standard InChI is InChI=1S/C26H37N7O2/c1-17(2)25(34)27-13-7-8-14-35-20-11-12-21(18(3)15-20)31-26-32-23-22(28-16-29-23)24(33-26)30-19-9-5-4-6-10-19/h11-12,15-17,19H,4-10,13-14H2,1-3H3,(H,27,34)(H3,28,29,30,31,32,33)/p+1. The second-order valence-electron chi connectivity index (χ2n) is 9.63. The summed E-state index contributed by atoms with van der Waals surface area (Å²) in [6.07, 6.45) is 9.74. The molecule has 0 bridgehead atoms. The number of hydrogen-bond acceptors (Lipinski definition) is 6. The third-order valence-corrected chi connectivity index (χ3v) is 6.39. The number of rotatable bonds is 11. The van der Waals surface area contributed by atoms with E-state index in [1.165, 1.54) is 32.1 Å². The fourth-order valence-corrected chi connectivity index (χ4v) is 4.30. The lowest BCUT2D eigenvalue weighted by Gasteiger charge is -2.23. The van der Waals surface area contributed by atoms with Gasteiger partial charge in [-0.15, -0.1) is 0 Å². The quantitative estimate of drug-likeness (QED) is 0.300. The summed E-state index contributed by atoms with van der Waals surface area (Å²) >= 11 is 0. The van der Waals surface area contributed by atoms with Gasteiger partial charge in [-0.25, -0.2) is 4.98 Å². The van der Waals surface area contributed by atoms with Crippen molar-refractivity contribution in [2.45, 2.75) is 71.8 Å². The Labute approximate surface area is 206 Å². The highest BCUT2D eigenvalue weighted by Crippen LogP contribution is 2.27. The van der Waals surface area contributed by atoms with Gasteiger partial charge in [0.05, 0.1) is 6.61 Å². The van der Waals surface area contributed by atoms with Gasteiger partial charge >= 0.3 is 11.6 Å². The van der Waals surface area contributed by atoms with Gasteiger partial charge in [0.25, 0.3) is 0 Å². The molecule has 2 heterocycles. The monoisotopic (exact) mass is 480 g/mol. The van der Waals surface area contributed by atoms with Crippen molar-refractivity contribution in [2.75, 3.05) is 23.8 Å². The second kappa shape index (κ2) is 11.9. The van der Waals surface area contributed by atoms with Gasteiger partial charge in [0.1, 0.15) is 5.75 Å². The summed E-state index contributed by atoms with van der Waals surface area (Å²) in [5.74, 6) is 2.32. The zero-order valence-electron chi connectivity index (χ0n) is 21.0. The highest BCUT2D eigenvalue weighted by Gasteiger charge is 2.20. The van der Waals surface area contributed by atoms with Gasteiger partial charge in [-0.3, -0.25) is 9.78 Å². The van der Waals surface area contributed by atoms with Gasteiger partial charge in [0.2, 0.25) is 11.4 Å². The maximum Gasteiger partial charge on any atom is 0.307 e. The molecule has 9 heteroatoms. The van der Waals surface area contributed by atoms with E-state index in [4.69, 9.17) is 9.72 Å². The predicted octanol–water partition coefficient (Wildman–Crippen LogP) is 4.50. The second-order valence-corrected chi connectivity index (χ2v) is 9.63. The van der Waals surface area contributed by atoms with Crippen molar-refractivity contribution in [3.63, 3.8) is 0 Å². The Morgan fingerprint density at radius 3 is 2.80 bits per heavy atom. The number of hydrogen-bond donors (Lipinski definition) is 4. The number of fused-ring (bicyclic) bond motifs is 1. The number of benzene rings is 1. The van der Waals surface area contributed by atoms with Crippen molar-refractivity contribution in [1.29, 1.82) is 0 Å². The molecule has 3 aromatic rings. The summed E-state index contributed by atoms with van der Waals surface area (Å²) in [5, 5.41) is 9.93. The van der Waals surface area contributed by atoms with Crippen LogP contribution in [-0.4, -0.2) is 40.1 Å². The van der Waals surface area contributed by atoms with E-state index in [2.05, 4.69) is 30.9 Å². The number of nitrogens with zero attached hydrogens (tertiary/aromatic N) is 2. The lowest BCUT2D eigenvalue weighted by atomic mass is 9.95. The molecule has 0 aliphatic heterocycles. The number of aryl methyl sites for hydroxylation is 1. The lowest BCUT2D eigenvalue weighted by molar-refractivity contribution is -0.347. The Hall–Kier alpha value is -3.36. The third-order valence-electron chi connectivity index (χ3n) is 6.39. The van der Waals surface area contributed by atoms with E-state index in [9.17, 15) is 4.79 Å². The largest absolute Gasteiger partial charge is 0.494 e. The number of anilines is 3. The molecular weight excluding hydrogens is 442 g/mol. The number of ether oxygens (including phenoxy) is 1. The van der Waals surface area contributed by atoms with Crippen LogP contribution in [0.5, 0.6) is 5.75 Å². The fourth-order valence-electron chi connectivity index (χ4n) is 4.30. The number of aromatic nitrogens is 4. The maximum atomic E-state index is 11.6. The molecule has 1 aliphatic rings. The van der Waals surface area contributed by atoms with Crippen LogP contribution in [0.15, 0.2) is 24.5 Å². The van der Waals surface area contributed by atoms with E-state index in [-0.39, 0.29) is 11.8 Å². The zero-order valence-corrected chi connectivity index (χ0v) is 21.0. The topological polar surface area (TPSA) is 118 Å². The first-order valence-electron chi connectivity index (χ1n) is 12.8. The van der Waals surface area contributed by atoms with E-state index < -0.39 is 0 Å². The van der Waals surface area contributed by atoms with E-state index >= 15 is 0 Å². The van der Waals surface area contributed by atoms with Crippen LogP contribution in [0.25, 0.3) is 11.2 Å². The average Bonchev–Trinajstić information content (AvgIpc) is 3.32. The van der Waals surface area contributed by atoms with Crippen LogP contribution >= 0.6 is 0 Å². The Kier molecular flexibility index (Phi) is 8.39. The van der Waals surface area contributed by atoms with Crippen molar-refractivity contribution >= 4 is 34.5 Å². The maximum absolute atomic E-state index is 11.6. The van der Waals surface area contributed by atoms with E-state index in [1.54, 1.807) is 6.33 Å². The molecule has 0 spiro atoms. The molecule has 2 aromatic heterocycles. The van der Waals surface area contributed by atoms with Crippen LogP contribution in [0.4, 0.5) is 17.5 Å². The van der Waals surface area contributed by atoms with Crippen LogP contribution in [0.1, 0.15) is 64.4 Å². The van der Waals surface area contributed by atoms with Crippen molar-refractivity contribution < 1.29 is 14.5 Å². The number of nitrogens with one attached hydrogen (secondary N) is 5. The molecule has 35 heavy (non-hydrogen) atoms. The van der Waals surface area contributed by atoms with Gasteiger partial charge in [-0.05, 0) is 56.4 Å². The molecule has 0 saturated heterocycles. The number of carbonyl (C=O) groups excluding carboxylic acids is 1. The van der Waals surface area contributed by atoms with E-state index in [1.807, 2.05) is 39.0 Å². The Morgan fingerprint density at radius 2 is 2.03 bits per heavy atom. The predicted molar refractivity (Wildman–Crippen MR) is 138 cm³/mol. The molecule has 0 unspecified atom stereocenters. The highest BCUT2D eigenvalue weighted by molar-refractivity contribution is 5.82. The number of carbonyl (C=O) groups is 1. The first kappa shape index (κ1) is 24.8. The molecule has 1 aromatic carbocycles. The molecule has 0 atom stereocenters. The zero-order chi connectivity index (χ0) is 24.6. The van der Waals surface area contributed by atoms with Crippen molar-refractivity contribution in [2.24, 2.45) is 5.92 Å². The summed E-state index contributed by atoms with van der Waals surface area (Å²) in [6.45, 7) is 7.14. The van der Waals surface area contributed by atoms with Gasteiger partial charge in [-0.2, -0.15) is 4.98 Å². The number of aromatic amines is 2. The number of unbranched alkanes of at least 4 members (excludes halogenated alkanes) is 1. The van der Waals surface area contributed by atoms with Crippen LogP contribution in [0.3, 0.4) is 0 Å². The molecular formula is C26H38N7O2+. The van der Waals surface area contributed by atoms with Crippen LogP contribution in [0.2, 0.25) is 0 Å². The molecule has 0 radical (unpaired) electrons. The van der Waals surface area contributed by atoms with Gasteiger partial charge in [0, 0.05) is 24.2 Å². The van der Waals surface area contributed by atoms with Gasteiger partial charge in [-0.1, -0.05) is 38.1 Å². The minimum Gasteiger partial charge on any atom is -0.494 e. The molecule has 9 nitrogen and oxygen atoms in total. The molecule has 1 saturated carbocycles. The number of amides is 1. The molecule has 1 amide bonds. The highest BCUT2D eigenvalue weighted by atomic mass is 16.5. The summed E-state index contributed by atoms with van der Waals surface area (Å²) in [5.41, 5.74) is 3.65. The van der Waals surface area contributed by atoms with Crippen molar-refractivity contribution in [3.05, 3.63) is 30.1 Å². The fraction of sp³-hybridized carbons (Fsp3) is 0.538. The minimum atomic E-state index is 0.0227. The van der Waals surface area contributed by atoms with Gasteiger partial charge < -0.3 is 20.7 Å². The number of imidazole rings is 1. The Bertz CT molecular complexity index is 1120. The number of H-pyrrole nitrogens is 2. The summed E-state index contributed by atoms with van der Waals surface area (Å²) in [4.78, 5) is 27.4. The average molecular weight is 481 g/mol. The first-order valence-corrected chi connectivity index (χ1v) is 12.8. The third kappa shape index (κ3) is 6.83. The smallest absolute Gasteiger partial charge is 0.307 e. The van der Waals surface area contributed by atoms with Gasteiger partial charge in [0.15, 0.2) is 12.1 Å². The van der Waals surface area contributed by atoms with E-state index in [0.717, 1.165) is 46.8 Å². The van der Waals surface area contributed by atoms with Crippen LogP contribution in [0, 0.1) is 12.8 Å². The van der Waals surface area contributed by atoms with Crippen molar-refractivity contribution in [1.82, 2.24) is 20.3 Å². The van der Waals surface area contributed by atoms with Crippen LogP contribution < -0.4 is 25.7 Å². The molecule has 4 rings (SSSR count). The molecule has 188 valence electrons. The molecule has 5 N–H and O–H groups in total. The Morgan fingerprint density at radius 1 is 1.20 bits per heavy atom. The van der Waals surface area contributed by atoms with E-state index in [0.29, 0.717) is 25.1 Å². The summed E-state index contributed by atoms with van der Waals surface area (Å²) in [6, 6.07) is 6.42. The summed E-state index contributed by atoms with van der Waals surface area (Å²) < 4.78 is 5.91. The first-order chi connectivity index (χ1) is 17.0. The van der Waals surface area contributed by atoms with Crippen molar-refractivity contribution in [3.8, 4) is 5.75 Å². The summed E-state index contributed by atoms with van der Waals surface area (Å²) in [7, 11) is 0. The van der Waals surface area contributed by atoms with Crippen LogP contribution in [-0.2, 0) is 4.79 Å². The lowest BCUT2D eigenvalue weighted by Crippen LogP contribution is -2.28. The SMILES string of the molecule is Cc1cc(OCCCCNC(=O)C(C)C)ccc1Nc1nc(NC2CCCCC2)c2[nH]c[nH+]c2n1. The minimum absolute atomic E-state index is 0.0227. The molecule has 1 aliphatic carbocycles. The normalized spacial score (nSPS) is 14.3. The molecule has 1 fully saturated rings.